The first-order valence-corrected chi connectivity index (χ1v) is 7.15. The van der Waals surface area contributed by atoms with Crippen LogP contribution in [0.3, 0.4) is 0 Å². The zero-order valence-corrected chi connectivity index (χ0v) is 12.0. The molecule has 1 aromatic heterocycles. The zero-order valence-electron chi connectivity index (χ0n) is 12.0. The smallest absolute Gasteiger partial charge is 0.169 e. The van der Waals surface area contributed by atoms with Gasteiger partial charge in [-0.15, -0.1) is 0 Å². The standard InChI is InChI=1S/C16H21FN2O/c1-19(2)16(8-3-4-9-16)15(18)13-10-11-6-5-7-12(17)14(11)20-13/h5-7,10,15H,3-4,8-9,18H2,1-2H3. The molecule has 0 spiro atoms. The molecule has 0 radical (unpaired) electrons. The summed E-state index contributed by atoms with van der Waals surface area (Å²) in [6.07, 6.45) is 4.47. The Balaban J connectivity index is 2.03. The van der Waals surface area contributed by atoms with Gasteiger partial charge in [0.1, 0.15) is 5.76 Å². The molecule has 108 valence electrons. The van der Waals surface area contributed by atoms with Crippen molar-refractivity contribution in [2.24, 2.45) is 5.73 Å². The molecular weight excluding hydrogens is 255 g/mol. The van der Waals surface area contributed by atoms with Crippen LogP contribution in [0, 0.1) is 5.82 Å². The lowest BCUT2D eigenvalue weighted by molar-refractivity contribution is 0.114. The highest BCUT2D eigenvalue weighted by molar-refractivity contribution is 5.78. The Morgan fingerprint density at radius 1 is 1.30 bits per heavy atom. The zero-order chi connectivity index (χ0) is 14.3. The number of rotatable bonds is 3. The second kappa shape index (κ2) is 4.86. The van der Waals surface area contributed by atoms with Crippen molar-refractivity contribution in [2.75, 3.05) is 14.1 Å². The molecule has 1 aromatic carbocycles. The largest absolute Gasteiger partial charge is 0.456 e. The van der Waals surface area contributed by atoms with Gasteiger partial charge in [0.2, 0.25) is 0 Å². The summed E-state index contributed by atoms with van der Waals surface area (Å²) in [6, 6.07) is 6.62. The number of benzene rings is 1. The summed E-state index contributed by atoms with van der Waals surface area (Å²) in [6.45, 7) is 0. The first kappa shape index (κ1) is 13.6. The highest BCUT2D eigenvalue weighted by atomic mass is 19.1. The molecule has 1 aliphatic rings. The van der Waals surface area contributed by atoms with E-state index in [2.05, 4.69) is 19.0 Å². The molecule has 0 bridgehead atoms. The maximum Gasteiger partial charge on any atom is 0.169 e. The van der Waals surface area contributed by atoms with Crippen molar-refractivity contribution < 1.29 is 8.81 Å². The van der Waals surface area contributed by atoms with Gasteiger partial charge in [-0.2, -0.15) is 0 Å². The predicted molar refractivity (Wildman–Crippen MR) is 78.0 cm³/mol. The van der Waals surface area contributed by atoms with Crippen LogP contribution in [0.5, 0.6) is 0 Å². The van der Waals surface area contributed by atoms with Crippen LogP contribution in [0.25, 0.3) is 11.0 Å². The van der Waals surface area contributed by atoms with Gasteiger partial charge in [0.25, 0.3) is 0 Å². The molecule has 1 atom stereocenters. The Morgan fingerprint density at radius 2 is 2.00 bits per heavy atom. The molecule has 2 aromatic rings. The molecule has 1 saturated carbocycles. The molecule has 20 heavy (non-hydrogen) atoms. The second-order valence-electron chi connectivity index (χ2n) is 5.99. The molecule has 1 aliphatic carbocycles. The fourth-order valence-electron chi connectivity index (χ4n) is 3.49. The minimum atomic E-state index is -0.328. The Kier molecular flexibility index (Phi) is 3.30. The number of nitrogens with two attached hydrogens (primary N) is 1. The molecular formula is C16H21FN2O. The van der Waals surface area contributed by atoms with E-state index in [1.807, 2.05) is 12.1 Å². The van der Waals surface area contributed by atoms with Gasteiger partial charge in [-0.25, -0.2) is 4.39 Å². The number of nitrogens with zero attached hydrogens (tertiary/aromatic N) is 1. The Morgan fingerprint density at radius 3 is 2.60 bits per heavy atom. The maximum atomic E-state index is 13.7. The predicted octanol–water partition coefficient (Wildman–Crippen LogP) is 3.45. The van der Waals surface area contributed by atoms with E-state index in [1.165, 1.54) is 18.9 Å². The van der Waals surface area contributed by atoms with E-state index in [9.17, 15) is 4.39 Å². The minimum Gasteiger partial charge on any atom is -0.456 e. The van der Waals surface area contributed by atoms with Crippen molar-refractivity contribution >= 4 is 11.0 Å². The number of likely N-dealkylation sites (N-methyl/N-ethyl adjacent to an activating group) is 1. The third-order valence-corrected chi connectivity index (χ3v) is 4.76. The lowest BCUT2D eigenvalue weighted by Crippen LogP contribution is -2.50. The summed E-state index contributed by atoms with van der Waals surface area (Å²) in [5, 5.41) is 0.780. The number of halogens is 1. The van der Waals surface area contributed by atoms with Crippen LogP contribution in [0.1, 0.15) is 37.5 Å². The number of hydrogen-bond acceptors (Lipinski definition) is 3. The van der Waals surface area contributed by atoms with E-state index < -0.39 is 0 Å². The van der Waals surface area contributed by atoms with Gasteiger partial charge < -0.3 is 15.1 Å². The fourth-order valence-corrected chi connectivity index (χ4v) is 3.49. The average Bonchev–Trinajstić information content (AvgIpc) is 3.06. The third-order valence-electron chi connectivity index (χ3n) is 4.76. The summed E-state index contributed by atoms with van der Waals surface area (Å²) >= 11 is 0. The van der Waals surface area contributed by atoms with Crippen molar-refractivity contribution in [3.05, 3.63) is 35.8 Å². The lowest BCUT2D eigenvalue weighted by atomic mass is 9.86. The molecule has 1 unspecified atom stereocenters. The van der Waals surface area contributed by atoms with Crippen molar-refractivity contribution in [1.29, 1.82) is 0 Å². The van der Waals surface area contributed by atoms with Crippen LogP contribution in [-0.2, 0) is 0 Å². The number of para-hydroxylation sites is 1. The number of fused-ring (bicyclic) bond motifs is 1. The fraction of sp³-hybridized carbons (Fsp3) is 0.500. The van der Waals surface area contributed by atoms with Gasteiger partial charge >= 0.3 is 0 Å². The topological polar surface area (TPSA) is 42.4 Å². The van der Waals surface area contributed by atoms with Gasteiger partial charge in [-0.3, -0.25) is 0 Å². The van der Waals surface area contributed by atoms with Crippen molar-refractivity contribution in [1.82, 2.24) is 4.90 Å². The monoisotopic (exact) mass is 276 g/mol. The van der Waals surface area contributed by atoms with Crippen molar-refractivity contribution in [3.8, 4) is 0 Å². The molecule has 3 nitrogen and oxygen atoms in total. The number of hydrogen-bond donors (Lipinski definition) is 1. The summed E-state index contributed by atoms with van der Waals surface area (Å²) < 4.78 is 19.5. The van der Waals surface area contributed by atoms with Crippen LogP contribution in [0.4, 0.5) is 4.39 Å². The van der Waals surface area contributed by atoms with E-state index in [0.717, 1.165) is 18.2 Å². The van der Waals surface area contributed by atoms with E-state index >= 15 is 0 Å². The second-order valence-corrected chi connectivity index (χ2v) is 5.99. The summed E-state index contributed by atoms with van der Waals surface area (Å²) in [5.74, 6) is 0.354. The Hall–Kier alpha value is -1.39. The first-order valence-electron chi connectivity index (χ1n) is 7.15. The molecule has 4 heteroatoms. The molecule has 0 aliphatic heterocycles. The van der Waals surface area contributed by atoms with E-state index in [0.29, 0.717) is 11.3 Å². The van der Waals surface area contributed by atoms with Crippen LogP contribution in [0.15, 0.2) is 28.7 Å². The molecule has 3 rings (SSSR count). The Bertz CT molecular complexity index is 614. The van der Waals surface area contributed by atoms with Crippen molar-refractivity contribution in [2.45, 2.75) is 37.3 Å². The summed E-state index contributed by atoms with van der Waals surface area (Å²) in [4.78, 5) is 2.20. The highest BCUT2D eigenvalue weighted by Gasteiger charge is 2.43. The quantitative estimate of drug-likeness (QED) is 0.933. The lowest BCUT2D eigenvalue weighted by Gasteiger charge is -2.40. The van der Waals surface area contributed by atoms with Crippen LogP contribution in [-0.4, -0.2) is 24.5 Å². The van der Waals surface area contributed by atoms with Crippen LogP contribution >= 0.6 is 0 Å². The van der Waals surface area contributed by atoms with Crippen LogP contribution < -0.4 is 5.73 Å². The highest BCUT2D eigenvalue weighted by Crippen LogP contribution is 2.43. The molecule has 1 fully saturated rings. The maximum absolute atomic E-state index is 13.7. The summed E-state index contributed by atoms with van der Waals surface area (Å²) in [5.41, 5.74) is 6.72. The van der Waals surface area contributed by atoms with Gasteiger partial charge in [-0.1, -0.05) is 25.0 Å². The van der Waals surface area contributed by atoms with E-state index in [-0.39, 0.29) is 17.4 Å². The van der Waals surface area contributed by atoms with E-state index in [4.69, 9.17) is 10.2 Å². The van der Waals surface area contributed by atoms with Gasteiger partial charge in [-0.05, 0) is 39.1 Å². The summed E-state index contributed by atoms with van der Waals surface area (Å²) in [7, 11) is 4.13. The van der Waals surface area contributed by atoms with Crippen LogP contribution in [0.2, 0.25) is 0 Å². The van der Waals surface area contributed by atoms with Crippen molar-refractivity contribution in [3.63, 3.8) is 0 Å². The molecule has 1 heterocycles. The molecule has 2 N–H and O–H groups in total. The SMILES string of the molecule is CN(C)C1(C(N)c2cc3cccc(F)c3o2)CCCC1. The van der Waals surface area contributed by atoms with Gasteiger partial charge in [0.05, 0.1) is 6.04 Å². The molecule has 0 amide bonds. The normalized spacial score (nSPS) is 19.9. The number of furan rings is 1. The van der Waals surface area contributed by atoms with Gasteiger partial charge in [0.15, 0.2) is 11.4 Å². The third kappa shape index (κ3) is 1.95. The average molecular weight is 276 g/mol. The molecule has 0 saturated heterocycles. The Labute approximate surface area is 118 Å². The van der Waals surface area contributed by atoms with E-state index in [1.54, 1.807) is 6.07 Å². The van der Waals surface area contributed by atoms with Gasteiger partial charge in [0, 0.05) is 10.9 Å². The minimum absolute atomic E-state index is 0.0790. The first-order chi connectivity index (χ1) is 9.54.